The van der Waals surface area contributed by atoms with Crippen LogP contribution in [0, 0.1) is 0 Å². The van der Waals surface area contributed by atoms with Crippen LogP contribution in [0.15, 0.2) is 0 Å². The van der Waals surface area contributed by atoms with Gasteiger partial charge in [-0.15, -0.1) is 0 Å². The van der Waals surface area contributed by atoms with Crippen molar-refractivity contribution in [1.29, 1.82) is 0 Å². The van der Waals surface area contributed by atoms with Crippen molar-refractivity contribution in [1.82, 2.24) is 0 Å². The Morgan fingerprint density at radius 1 is 1.40 bits per heavy atom. The van der Waals surface area contributed by atoms with Crippen LogP contribution in [-0.4, -0.2) is 42.8 Å². The minimum Gasteiger partial charge on any atom is -0.467 e. The summed E-state index contributed by atoms with van der Waals surface area (Å²) in [6.07, 6.45) is -0.995. The summed E-state index contributed by atoms with van der Waals surface area (Å²) < 4.78 is 61.7. The maximum Gasteiger partial charge on any atom is 0.522 e. The molecule has 0 fully saturated rings. The Hall–Kier alpha value is -0.870. The molecule has 0 saturated heterocycles. The van der Waals surface area contributed by atoms with Gasteiger partial charge in [0, 0.05) is 0 Å². The summed E-state index contributed by atoms with van der Waals surface area (Å²) in [7, 11) is -4.61. The van der Waals surface area contributed by atoms with E-state index in [1.807, 2.05) is 0 Å². The Morgan fingerprint density at radius 2 is 1.67 bits per heavy atom. The third kappa shape index (κ3) is 8.15. The SMILES string of the molecule is COC(=O)[C@H](C)O.O=S(=O)(O)C(F)(F)F. The minimum atomic E-state index is -5.84. The molecule has 0 aromatic heterocycles. The number of rotatable bonds is 1. The van der Waals surface area contributed by atoms with Gasteiger partial charge in [-0.2, -0.15) is 21.6 Å². The van der Waals surface area contributed by atoms with E-state index in [2.05, 4.69) is 4.74 Å². The van der Waals surface area contributed by atoms with Crippen LogP contribution in [0.3, 0.4) is 0 Å². The number of hydrogen-bond donors (Lipinski definition) is 2. The van der Waals surface area contributed by atoms with Crippen LogP contribution in [-0.2, 0) is 19.6 Å². The molecular formula is C5H9F3O6S. The molecule has 0 heterocycles. The van der Waals surface area contributed by atoms with Crippen LogP contribution in [0.4, 0.5) is 13.2 Å². The van der Waals surface area contributed by atoms with Gasteiger partial charge in [0.25, 0.3) is 0 Å². The largest absolute Gasteiger partial charge is 0.522 e. The van der Waals surface area contributed by atoms with Crippen LogP contribution in [0.1, 0.15) is 6.92 Å². The van der Waals surface area contributed by atoms with Gasteiger partial charge in [0.1, 0.15) is 6.10 Å². The lowest BCUT2D eigenvalue weighted by Crippen LogP contribution is -2.21. The molecule has 0 aliphatic heterocycles. The van der Waals surface area contributed by atoms with Crippen molar-refractivity contribution in [3.8, 4) is 0 Å². The quantitative estimate of drug-likeness (QED) is 0.386. The van der Waals surface area contributed by atoms with Crippen molar-refractivity contribution < 1.29 is 40.8 Å². The van der Waals surface area contributed by atoms with E-state index in [1.165, 1.54) is 14.0 Å². The van der Waals surface area contributed by atoms with Crippen molar-refractivity contribution >= 4 is 16.1 Å². The van der Waals surface area contributed by atoms with Gasteiger partial charge in [0.2, 0.25) is 0 Å². The Morgan fingerprint density at radius 3 is 1.67 bits per heavy atom. The number of aliphatic hydroxyl groups is 1. The first-order chi connectivity index (χ1) is 6.43. The first-order valence-corrected chi connectivity index (χ1v) is 4.67. The van der Waals surface area contributed by atoms with Gasteiger partial charge in [0.05, 0.1) is 7.11 Å². The molecule has 0 aliphatic rings. The molecular weight excluding hydrogens is 245 g/mol. The summed E-state index contributed by atoms with van der Waals surface area (Å²) in [5, 5.41) is 8.35. The molecule has 0 aromatic carbocycles. The van der Waals surface area contributed by atoms with Gasteiger partial charge in [-0.1, -0.05) is 0 Å². The van der Waals surface area contributed by atoms with E-state index in [1.54, 1.807) is 0 Å². The van der Waals surface area contributed by atoms with Crippen molar-refractivity contribution in [2.75, 3.05) is 7.11 Å². The van der Waals surface area contributed by atoms with E-state index >= 15 is 0 Å². The lowest BCUT2D eigenvalue weighted by molar-refractivity contribution is -0.149. The predicted molar refractivity (Wildman–Crippen MR) is 41.3 cm³/mol. The van der Waals surface area contributed by atoms with E-state index in [0.29, 0.717) is 0 Å². The molecule has 2 N–H and O–H groups in total. The Labute approximate surface area is 83.4 Å². The number of hydrogen-bond acceptors (Lipinski definition) is 5. The maximum atomic E-state index is 10.7. The van der Waals surface area contributed by atoms with Crippen molar-refractivity contribution in [3.05, 3.63) is 0 Å². The van der Waals surface area contributed by atoms with Crippen LogP contribution in [0.5, 0.6) is 0 Å². The smallest absolute Gasteiger partial charge is 0.467 e. The molecule has 92 valence electrons. The molecule has 0 amide bonds. The number of ether oxygens (including phenoxy) is 1. The van der Waals surface area contributed by atoms with Crippen molar-refractivity contribution in [2.45, 2.75) is 18.5 Å². The highest BCUT2D eigenvalue weighted by Gasteiger charge is 2.44. The Bertz CT molecular complexity index is 292. The molecule has 0 rings (SSSR count). The summed E-state index contributed by atoms with van der Waals surface area (Å²) >= 11 is 0. The van der Waals surface area contributed by atoms with E-state index in [-0.39, 0.29) is 0 Å². The van der Waals surface area contributed by atoms with E-state index in [9.17, 15) is 18.0 Å². The third-order valence-corrected chi connectivity index (χ3v) is 1.42. The van der Waals surface area contributed by atoms with E-state index in [4.69, 9.17) is 18.1 Å². The fourth-order valence-electron chi connectivity index (χ4n) is 0.171. The van der Waals surface area contributed by atoms with Gasteiger partial charge >= 0.3 is 21.6 Å². The van der Waals surface area contributed by atoms with E-state index < -0.39 is 27.7 Å². The van der Waals surface area contributed by atoms with Crippen LogP contribution < -0.4 is 0 Å². The Balaban J connectivity index is 0. The number of carbonyl (C=O) groups is 1. The van der Waals surface area contributed by atoms with Gasteiger partial charge in [-0.25, -0.2) is 4.79 Å². The number of halogens is 3. The molecule has 0 bridgehead atoms. The van der Waals surface area contributed by atoms with Crippen LogP contribution in [0.2, 0.25) is 0 Å². The molecule has 1 atom stereocenters. The summed E-state index contributed by atoms with van der Waals surface area (Å²) in [6.45, 7) is 1.35. The summed E-state index contributed by atoms with van der Waals surface area (Å²) in [5.74, 6) is -0.597. The van der Waals surface area contributed by atoms with Gasteiger partial charge in [-0.3, -0.25) is 4.55 Å². The summed E-state index contributed by atoms with van der Waals surface area (Å²) in [4.78, 5) is 10.0. The second-order valence-corrected chi connectivity index (χ2v) is 3.53. The average Bonchev–Trinajstić information content (AvgIpc) is 2.00. The maximum absolute atomic E-state index is 10.7. The molecule has 0 saturated carbocycles. The number of methoxy groups -OCH3 is 1. The highest BCUT2D eigenvalue weighted by atomic mass is 32.2. The average molecular weight is 254 g/mol. The fraction of sp³-hybridized carbons (Fsp3) is 0.800. The lowest BCUT2D eigenvalue weighted by Gasteiger charge is -1.97. The highest BCUT2D eigenvalue weighted by molar-refractivity contribution is 7.86. The number of esters is 1. The second-order valence-electron chi connectivity index (χ2n) is 2.12. The van der Waals surface area contributed by atoms with Gasteiger partial charge in [-0.05, 0) is 6.92 Å². The topological polar surface area (TPSA) is 101 Å². The first-order valence-electron chi connectivity index (χ1n) is 3.23. The molecule has 6 nitrogen and oxygen atoms in total. The first kappa shape index (κ1) is 16.6. The number of alkyl halides is 3. The molecule has 0 aromatic rings. The molecule has 15 heavy (non-hydrogen) atoms. The van der Waals surface area contributed by atoms with Gasteiger partial charge < -0.3 is 9.84 Å². The predicted octanol–water partition coefficient (Wildman–Crippen LogP) is -0.0658. The zero-order valence-corrected chi connectivity index (χ0v) is 8.46. The van der Waals surface area contributed by atoms with Crippen LogP contribution in [0.25, 0.3) is 0 Å². The molecule has 0 spiro atoms. The normalized spacial score (nSPS) is 13.5. The highest BCUT2D eigenvalue weighted by Crippen LogP contribution is 2.20. The second kappa shape index (κ2) is 5.88. The van der Waals surface area contributed by atoms with Crippen molar-refractivity contribution in [2.24, 2.45) is 0 Å². The van der Waals surface area contributed by atoms with Crippen LogP contribution >= 0.6 is 0 Å². The minimum absolute atomic E-state index is 0.597. The van der Waals surface area contributed by atoms with Gasteiger partial charge in [0.15, 0.2) is 0 Å². The molecule has 0 aliphatic carbocycles. The van der Waals surface area contributed by atoms with E-state index in [0.717, 1.165) is 0 Å². The standard InChI is InChI=1S/C4H8O3.CHF3O3S/c1-3(5)4(6)7-2;2-1(3,4)8(5,6)7/h3,5H,1-2H3;(H,5,6,7)/t3-;/m0./s1. The number of aliphatic hydroxyl groups excluding tert-OH is 1. The molecule has 0 radical (unpaired) electrons. The zero-order chi connectivity index (χ0) is 12.9. The summed E-state index contributed by atoms with van der Waals surface area (Å²) in [6, 6.07) is 0. The lowest BCUT2D eigenvalue weighted by atomic mass is 10.4. The number of carbonyl (C=O) groups excluding carboxylic acids is 1. The fourth-order valence-corrected chi connectivity index (χ4v) is 0.171. The molecule has 0 unspecified atom stereocenters. The monoisotopic (exact) mass is 254 g/mol. The summed E-state index contributed by atoms with van der Waals surface area (Å²) in [5.41, 5.74) is -5.53. The third-order valence-electron chi connectivity index (χ3n) is 0.835. The molecule has 10 heteroatoms. The Kier molecular flexibility index (Phi) is 6.49. The zero-order valence-electron chi connectivity index (χ0n) is 7.65. The van der Waals surface area contributed by atoms with Crippen molar-refractivity contribution in [3.63, 3.8) is 0 Å².